The van der Waals surface area contributed by atoms with Gasteiger partial charge in [0, 0.05) is 4.47 Å². The van der Waals surface area contributed by atoms with Crippen LogP contribution in [0.15, 0.2) is 40.9 Å². The third-order valence-corrected chi connectivity index (χ3v) is 4.99. The lowest BCUT2D eigenvalue weighted by atomic mass is 9.94. The lowest BCUT2D eigenvalue weighted by Gasteiger charge is -2.26. The number of hydrogen-bond acceptors (Lipinski definition) is 2. The Labute approximate surface area is 135 Å². The molecular formula is C18H22BrNO. The van der Waals surface area contributed by atoms with Crippen LogP contribution < -0.4 is 5.32 Å². The molecule has 2 aromatic rings. The smallest absolute Gasteiger partial charge is 0.0774 e. The number of likely N-dealkylation sites (N-methyl/N-ethyl adjacent to an activating group) is 1. The summed E-state index contributed by atoms with van der Waals surface area (Å²) in [5, 5.41) is 6.21. The molecule has 1 aliphatic heterocycles. The maximum Gasteiger partial charge on any atom is 0.0774 e. The molecule has 3 atom stereocenters. The fraction of sp³-hybridized carbons (Fsp3) is 0.444. The molecule has 2 aromatic carbocycles. The first-order chi connectivity index (χ1) is 10.2. The molecule has 1 aliphatic rings. The normalized spacial score (nSPS) is 23.6. The highest BCUT2D eigenvalue weighted by atomic mass is 79.9. The highest BCUT2D eigenvalue weighted by Crippen LogP contribution is 2.35. The zero-order chi connectivity index (χ0) is 14.8. The summed E-state index contributed by atoms with van der Waals surface area (Å²) in [5.41, 5.74) is 1.34. The molecule has 0 amide bonds. The van der Waals surface area contributed by atoms with Crippen LogP contribution >= 0.6 is 15.9 Å². The van der Waals surface area contributed by atoms with E-state index in [0.29, 0.717) is 6.10 Å². The van der Waals surface area contributed by atoms with E-state index < -0.39 is 0 Å². The summed E-state index contributed by atoms with van der Waals surface area (Å²) in [6, 6.07) is 13.2. The maximum absolute atomic E-state index is 6.14. The van der Waals surface area contributed by atoms with E-state index >= 15 is 0 Å². The SMILES string of the molecule is CCNC(c1ccc(Br)c2ccccc12)C1CCC(C)O1. The van der Waals surface area contributed by atoms with Crippen LogP contribution in [0, 0.1) is 0 Å². The predicted octanol–water partition coefficient (Wildman–Crippen LogP) is 4.82. The van der Waals surface area contributed by atoms with Gasteiger partial charge >= 0.3 is 0 Å². The van der Waals surface area contributed by atoms with Crippen molar-refractivity contribution in [3.05, 3.63) is 46.4 Å². The molecular weight excluding hydrogens is 326 g/mol. The van der Waals surface area contributed by atoms with E-state index in [-0.39, 0.29) is 12.1 Å². The highest BCUT2D eigenvalue weighted by molar-refractivity contribution is 9.10. The van der Waals surface area contributed by atoms with Crippen LogP contribution in [-0.4, -0.2) is 18.8 Å². The van der Waals surface area contributed by atoms with Gasteiger partial charge in [-0.05, 0) is 48.7 Å². The molecule has 1 fully saturated rings. The standard InChI is InChI=1S/C18H22BrNO/c1-3-20-18(17-11-8-12(2)21-17)15-9-10-16(19)14-7-5-4-6-13(14)15/h4-7,9-10,12,17-18,20H,3,8,11H2,1-2H3. The Bertz CT molecular complexity index is 628. The highest BCUT2D eigenvalue weighted by Gasteiger charge is 2.31. The molecule has 0 radical (unpaired) electrons. The molecule has 0 bridgehead atoms. The Balaban J connectivity index is 2.05. The number of fused-ring (bicyclic) bond motifs is 1. The van der Waals surface area contributed by atoms with Crippen LogP contribution in [0.2, 0.25) is 0 Å². The van der Waals surface area contributed by atoms with Crippen LogP contribution in [0.25, 0.3) is 10.8 Å². The molecule has 3 unspecified atom stereocenters. The number of rotatable bonds is 4. The monoisotopic (exact) mass is 347 g/mol. The summed E-state index contributed by atoms with van der Waals surface area (Å²) >= 11 is 3.66. The third-order valence-electron chi connectivity index (χ3n) is 4.30. The molecule has 3 heteroatoms. The fourth-order valence-electron chi connectivity index (χ4n) is 3.30. The second-order valence-electron chi connectivity index (χ2n) is 5.78. The second-order valence-corrected chi connectivity index (χ2v) is 6.63. The van der Waals surface area contributed by atoms with Crippen molar-refractivity contribution in [3.8, 4) is 0 Å². The first-order valence-corrected chi connectivity index (χ1v) is 8.56. The maximum atomic E-state index is 6.14. The van der Waals surface area contributed by atoms with Gasteiger partial charge < -0.3 is 10.1 Å². The van der Waals surface area contributed by atoms with Crippen molar-refractivity contribution in [2.24, 2.45) is 0 Å². The average molecular weight is 348 g/mol. The molecule has 1 N–H and O–H groups in total. The molecule has 0 saturated carbocycles. The summed E-state index contributed by atoms with van der Waals surface area (Å²) in [5.74, 6) is 0. The Morgan fingerprint density at radius 3 is 2.62 bits per heavy atom. The lowest BCUT2D eigenvalue weighted by Crippen LogP contribution is -2.32. The summed E-state index contributed by atoms with van der Waals surface area (Å²) in [6.07, 6.45) is 2.92. The first-order valence-electron chi connectivity index (χ1n) is 7.76. The quantitative estimate of drug-likeness (QED) is 0.855. The molecule has 1 heterocycles. The van der Waals surface area contributed by atoms with Gasteiger partial charge in [0.15, 0.2) is 0 Å². The number of halogens is 1. The van der Waals surface area contributed by atoms with Crippen molar-refractivity contribution in [1.29, 1.82) is 0 Å². The number of nitrogens with one attached hydrogen (secondary N) is 1. The van der Waals surface area contributed by atoms with Crippen LogP contribution in [0.1, 0.15) is 38.3 Å². The van der Waals surface area contributed by atoms with Gasteiger partial charge in [-0.1, -0.05) is 53.2 Å². The van der Waals surface area contributed by atoms with Gasteiger partial charge in [-0.15, -0.1) is 0 Å². The molecule has 21 heavy (non-hydrogen) atoms. The van der Waals surface area contributed by atoms with Crippen LogP contribution in [0.5, 0.6) is 0 Å². The lowest BCUT2D eigenvalue weighted by molar-refractivity contribution is 0.0322. The van der Waals surface area contributed by atoms with E-state index in [1.807, 2.05) is 0 Å². The molecule has 112 valence electrons. The molecule has 1 saturated heterocycles. The zero-order valence-electron chi connectivity index (χ0n) is 12.6. The first kappa shape index (κ1) is 15.0. The fourth-order valence-corrected chi connectivity index (χ4v) is 3.77. The van der Waals surface area contributed by atoms with Crippen molar-refractivity contribution in [2.75, 3.05) is 6.54 Å². The van der Waals surface area contributed by atoms with E-state index in [2.05, 4.69) is 71.5 Å². The van der Waals surface area contributed by atoms with Gasteiger partial charge in [0.05, 0.1) is 18.2 Å². The minimum absolute atomic E-state index is 0.262. The molecule has 3 rings (SSSR count). The third kappa shape index (κ3) is 3.01. The van der Waals surface area contributed by atoms with Gasteiger partial charge in [-0.25, -0.2) is 0 Å². The van der Waals surface area contributed by atoms with E-state index in [9.17, 15) is 0 Å². The molecule has 0 spiro atoms. The second kappa shape index (κ2) is 6.47. The van der Waals surface area contributed by atoms with E-state index in [1.165, 1.54) is 16.3 Å². The topological polar surface area (TPSA) is 21.3 Å². The predicted molar refractivity (Wildman–Crippen MR) is 91.6 cm³/mol. The van der Waals surface area contributed by atoms with Crippen molar-refractivity contribution in [3.63, 3.8) is 0 Å². The van der Waals surface area contributed by atoms with E-state index in [1.54, 1.807) is 0 Å². The summed E-state index contributed by atoms with van der Waals surface area (Å²) in [7, 11) is 0. The van der Waals surface area contributed by atoms with Crippen molar-refractivity contribution in [2.45, 2.75) is 44.9 Å². The Kier molecular flexibility index (Phi) is 4.63. The Hall–Kier alpha value is -0.900. The van der Waals surface area contributed by atoms with Crippen LogP contribution in [0.3, 0.4) is 0 Å². The number of ether oxygens (including phenoxy) is 1. The van der Waals surface area contributed by atoms with Crippen molar-refractivity contribution < 1.29 is 4.74 Å². The minimum atomic E-state index is 0.262. The van der Waals surface area contributed by atoms with Gasteiger partial charge in [-0.2, -0.15) is 0 Å². The molecule has 2 nitrogen and oxygen atoms in total. The number of hydrogen-bond donors (Lipinski definition) is 1. The van der Waals surface area contributed by atoms with Gasteiger partial charge in [0.2, 0.25) is 0 Å². The van der Waals surface area contributed by atoms with Gasteiger partial charge in [0.1, 0.15) is 0 Å². The Morgan fingerprint density at radius 2 is 1.95 bits per heavy atom. The Morgan fingerprint density at radius 1 is 1.19 bits per heavy atom. The van der Waals surface area contributed by atoms with Crippen molar-refractivity contribution in [1.82, 2.24) is 5.32 Å². The molecule has 0 aliphatic carbocycles. The van der Waals surface area contributed by atoms with Gasteiger partial charge in [0.25, 0.3) is 0 Å². The summed E-state index contributed by atoms with van der Waals surface area (Å²) in [6.45, 7) is 5.28. The molecule has 0 aromatic heterocycles. The summed E-state index contributed by atoms with van der Waals surface area (Å²) in [4.78, 5) is 0. The zero-order valence-corrected chi connectivity index (χ0v) is 14.2. The average Bonchev–Trinajstić information content (AvgIpc) is 2.92. The van der Waals surface area contributed by atoms with Crippen molar-refractivity contribution >= 4 is 26.7 Å². The minimum Gasteiger partial charge on any atom is -0.373 e. The van der Waals surface area contributed by atoms with Crippen LogP contribution in [0.4, 0.5) is 0 Å². The van der Waals surface area contributed by atoms with Gasteiger partial charge in [-0.3, -0.25) is 0 Å². The van der Waals surface area contributed by atoms with Crippen LogP contribution in [-0.2, 0) is 4.74 Å². The van der Waals surface area contributed by atoms with E-state index in [4.69, 9.17) is 4.74 Å². The summed E-state index contributed by atoms with van der Waals surface area (Å²) < 4.78 is 7.29. The largest absolute Gasteiger partial charge is 0.373 e. The van der Waals surface area contributed by atoms with E-state index in [0.717, 1.165) is 23.9 Å². The number of benzene rings is 2.